The van der Waals surface area contributed by atoms with E-state index in [4.69, 9.17) is 0 Å². The predicted octanol–water partition coefficient (Wildman–Crippen LogP) is 3.82. The predicted molar refractivity (Wildman–Crippen MR) is 73.9 cm³/mol. The molecular weight excluding hydrogens is 222 g/mol. The summed E-state index contributed by atoms with van der Waals surface area (Å²) < 4.78 is 2.24. The number of anilines is 2. The number of nitrogens with zero attached hydrogens (tertiary/aromatic N) is 2. The maximum atomic E-state index is 4.41. The molecule has 1 aromatic heterocycles. The van der Waals surface area contributed by atoms with Crippen LogP contribution in [0.15, 0.2) is 42.7 Å². The second kappa shape index (κ2) is 5.25. The van der Waals surface area contributed by atoms with Crippen molar-refractivity contribution in [2.24, 2.45) is 5.92 Å². The van der Waals surface area contributed by atoms with Crippen molar-refractivity contribution in [2.75, 3.05) is 5.32 Å². The summed E-state index contributed by atoms with van der Waals surface area (Å²) >= 11 is 0. The van der Waals surface area contributed by atoms with Crippen LogP contribution in [0.2, 0.25) is 0 Å². The van der Waals surface area contributed by atoms with Gasteiger partial charge in [0.1, 0.15) is 0 Å². The Hall–Kier alpha value is -1.77. The second-order valence-corrected chi connectivity index (χ2v) is 5.04. The number of hydrogen-bond donors (Lipinski definition) is 1. The highest BCUT2D eigenvalue weighted by molar-refractivity contribution is 5.52. The lowest BCUT2D eigenvalue weighted by Crippen LogP contribution is -2.09. The first-order chi connectivity index (χ1) is 8.92. The molecule has 1 N–H and O–H groups in total. The minimum absolute atomic E-state index is 0.829. The highest BCUT2D eigenvalue weighted by atomic mass is 15.2. The van der Waals surface area contributed by atoms with Crippen LogP contribution in [0.1, 0.15) is 25.7 Å². The molecule has 0 amide bonds. The minimum atomic E-state index is 0.829. The molecule has 0 spiro atoms. The molecule has 1 saturated carbocycles. The Kier molecular flexibility index (Phi) is 3.31. The van der Waals surface area contributed by atoms with Gasteiger partial charge in [-0.05, 0) is 30.9 Å². The molecular formula is C15H19N3. The fourth-order valence-electron chi connectivity index (χ4n) is 2.70. The Bertz CT molecular complexity index is 483. The first kappa shape index (κ1) is 11.3. The lowest BCUT2D eigenvalue weighted by molar-refractivity contribution is 0.460. The number of imidazole rings is 1. The fraction of sp³-hybridized carbons (Fsp3) is 0.400. The zero-order valence-corrected chi connectivity index (χ0v) is 10.5. The second-order valence-electron chi connectivity index (χ2n) is 5.04. The van der Waals surface area contributed by atoms with Gasteiger partial charge >= 0.3 is 0 Å². The van der Waals surface area contributed by atoms with E-state index >= 15 is 0 Å². The van der Waals surface area contributed by atoms with Gasteiger partial charge in [-0.15, -0.1) is 0 Å². The van der Waals surface area contributed by atoms with E-state index in [2.05, 4.69) is 33.2 Å². The molecule has 0 saturated heterocycles. The van der Waals surface area contributed by atoms with Crippen molar-refractivity contribution >= 4 is 11.6 Å². The van der Waals surface area contributed by atoms with Gasteiger partial charge in [0.25, 0.3) is 0 Å². The molecule has 94 valence electrons. The van der Waals surface area contributed by atoms with E-state index in [1.54, 1.807) is 0 Å². The molecule has 0 bridgehead atoms. The van der Waals surface area contributed by atoms with Crippen LogP contribution in [0.4, 0.5) is 11.6 Å². The smallest absolute Gasteiger partial charge is 0.207 e. The molecule has 0 atom stereocenters. The first-order valence-electron chi connectivity index (χ1n) is 6.75. The average molecular weight is 241 g/mol. The zero-order chi connectivity index (χ0) is 12.2. The van der Waals surface area contributed by atoms with Crippen molar-refractivity contribution in [3.8, 4) is 0 Å². The van der Waals surface area contributed by atoms with E-state index in [9.17, 15) is 0 Å². The number of aromatic nitrogens is 2. The molecule has 3 rings (SSSR count). The van der Waals surface area contributed by atoms with Crippen molar-refractivity contribution in [2.45, 2.75) is 32.2 Å². The van der Waals surface area contributed by atoms with Gasteiger partial charge in [0, 0.05) is 24.6 Å². The summed E-state index contributed by atoms with van der Waals surface area (Å²) in [6.45, 7) is 1.09. The van der Waals surface area contributed by atoms with Crippen LogP contribution >= 0.6 is 0 Å². The van der Waals surface area contributed by atoms with Crippen LogP contribution < -0.4 is 5.32 Å². The van der Waals surface area contributed by atoms with Crippen LogP contribution in [-0.2, 0) is 6.54 Å². The first-order valence-corrected chi connectivity index (χ1v) is 6.75. The highest BCUT2D eigenvalue weighted by Crippen LogP contribution is 2.27. The summed E-state index contributed by atoms with van der Waals surface area (Å²) in [5.74, 6) is 1.78. The normalized spacial score (nSPS) is 16.0. The largest absolute Gasteiger partial charge is 0.326 e. The summed E-state index contributed by atoms with van der Waals surface area (Å²) in [6.07, 6.45) is 9.46. The molecule has 1 aliphatic carbocycles. The van der Waals surface area contributed by atoms with E-state index in [1.807, 2.05) is 24.4 Å². The third-order valence-corrected chi connectivity index (χ3v) is 3.68. The maximum absolute atomic E-state index is 4.41. The SMILES string of the molecule is c1ccc(Nc2nccn2CC2CCCC2)cc1. The van der Waals surface area contributed by atoms with Crippen molar-refractivity contribution in [3.05, 3.63) is 42.7 Å². The molecule has 1 aliphatic rings. The van der Waals surface area contributed by atoms with Gasteiger partial charge < -0.3 is 9.88 Å². The monoisotopic (exact) mass is 241 g/mol. The lowest BCUT2D eigenvalue weighted by atomic mass is 10.1. The summed E-state index contributed by atoms with van der Waals surface area (Å²) in [7, 11) is 0. The van der Waals surface area contributed by atoms with Crippen LogP contribution in [0.3, 0.4) is 0 Å². The number of nitrogens with one attached hydrogen (secondary N) is 1. The van der Waals surface area contributed by atoms with Gasteiger partial charge in [0.2, 0.25) is 5.95 Å². The van der Waals surface area contributed by atoms with Crippen LogP contribution in [0.5, 0.6) is 0 Å². The number of benzene rings is 1. The van der Waals surface area contributed by atoms with E-state index in [1.165, 1.54) is 25.7 Å². The summed E-state index contributed by atoms with van der Waals surface area (Å²) in [6, 6.07) is 10.2. The Morgan fingerprint density at radius 3 is 2.72 bits per heavy atom. The molecule has 3 nitrogen and oxygen atoms in total. The zero-order valence-electron chi connectivity index (χ0n) is 10.5. The van der Waals surface area contributed by atoms with Crippen molar-refractivity contribution in [1.29, 1.82) is 0 Å². The summed E-state index contributed by atoms with van der Waals surface area (Å²) in [5, 5.41) is 3.38. The minimum Gasteiger partial charge on any atom is -0.326 e. The highest BCUT2D eigenvalue weighted by Gasteiger charge is 2.16. The average Bonchev–Trinajstić information content (AvgIpc) is 3.04. The van der Waals surface area contributed by atoms with Crippen molar-refractivity contribution < 1.29 is 0 Å². The van der Waals surface area contributed by atoms with Gasteiger partial charge in [-0.25, -0.2) is 4.98 Å². The van der Waals surface area contributed by atoms with E-state index in [0.717, 1.165) is 24.1 Å². The van der Waals surface area contributed by atoms with Crippen molar-refractivity contribution in [3.63, 3.8) is 0 Å². The Morgan fingerprint density at radius 1 is 1.17 bits per heavy atom. The molecule has 3 heteroatoms. The molecule has 1 fully saturated rings. The Labute approximate surface area is 108 Å². The van der Waals surface area contributed by atoms with Gasteiger partial charge in [-0.2, -0.15) is 0 Å². The molecule has 0 aliphatic heterocycles. The van der Waals surface area contributed by atoms with Gasteiger partial charge in [0.05, 0.1) is 0 Å². The third-order valence-electron chi connectivity index (χ3n) is 3.68. The quantitative estimate of drug-likeness (QED) is 0.882. The fourth-order valence-corrected chi connectivity index (χ4v) is 2.70. The van der Waals surface area contributed by atoms with Crippen molar-refractivity contribution in [1.82, 2.24) is 9.55 Å². The molecule has 2 aromatic rings. The van der Waals surface area contributed by atoms with Gasteiger partial charge in [-0.3, -0.25) is 0 Å². The Morgan fingerprint density at radius 2 is 1.94 bits per heavy atom. The van der Waals surface area contributed by atoms with Crippen LogP contribution in [-0.4, -0.2) is 9.55 Å². The topological polar surface area (TPSA) is 29.9 Å². The molecule has 1 heterocycles. The third kappa shape index (κ3) is 2.55. The molecule has 0 radical (unpaired) electrons. The van der Waals surface area contributed by atoms with E-state index < -0.39 is 0 Å². The number of hydrogen-bond acceptors (Lipinski definition) is 2. The summed E-state index contributed by atoms with van der Waals surface area (Å²) in [5.41, 5.74) is 1.09. The van der Waals surface area contributed by atoms with E-state index in [-0.39, 0.29) is 0 Å². The molecule has 0 unspecified atom stereocenters. The molecule has 18 heavy (non-hydrogen) atoms. The van der Waals surface area contributed by atoms with Crippen LogP contribution in [0, 0.1) is 5.92 Å². The Balaban J connectivity index is 1.71. The number of para-hydroxylation sites is 1. The van der Waals surface area contributed by atoms with Gasteiger partial charge in [0.15, 0.2) is 0 Å². The van der Waals surface area contributed by atoms with Crippen LogP contribution in [0.25, 0.3) is 0 Å². The standard InChI is InChI=1S/C15H19N3/c1-2-8-14(9-3-1)17-15-16-10-11-18(15)12-13-6-4-5-7-13/h1-3,8-11,13H,4-7,12H2,(H,16,17). The lowest BCUT2D eigenvalue weighted by Gasteiger charge is -2.13. The maximum Gasteiger partial charge on any atom is 0.207 e. The van der Waals surface area contributed by atoms with E-state index in [0.29, 0.717) is 0 Å². The molecule has 1 aromatic carbocycles. The summed E-state index contributed by atoms with van der Waals surface area (Å²) in [4.78, 5) is 4.41. The number of rotatable bonds is 4. The van der Waals surface area contributed by atoms with Gasteiger partial charge in [-0.1, -0.05) is 31.0 Å².